The number of carbonyl (C=O) groups is 4. The second kappa shape index (κ2) is 9.56. The zero-order valence-corrected chi connectivity index (χ0v) is 12.0. The van der Waals surface area contributed by atoms with Crippen molar-refractivity contribution in [2.45, 2.75) is 45.2 Å². The minimum absolute atomic E-state index is 0.00933. The highest BCUT2D eigenvalue weighted by Crippen LogP contribution is 2.01. The zero-order chi connectivity index (χ0) is 16.4. The predicted octanol–water partition coefficient (Wildman–Crippen LogP) is -0.482. The number of carboxylic acid groups (broad SMARTS) is 2. The van der Waals surface area contributed by atoms with Crippen LogP contribution >= 0.6 is 0 Å². The van der Waals surface area contributed by atoms with E-state index in [9.17, 15) is 19.2 Å². The molecule has 0 spiro atoms. The molecule has 0 aliphatic heterocycles. The highest BCUT2D eigenvalue weighted by Gasteiger charge is 2.22. The van der Waals surface area contributed by atoms with Crippen LogP contribution in [0.3, 0.4) is 0 Å². The molecule has 0 bridgehead atoms. The molecule has 1 unspecified atom stereocenters. The quantitative estimate of drug-likeness (QED) is 0.389. The smallest absolute Gasteiger partial charge is 0.326 e. The Bertz CT molecular complexity index is 398. The minimum atomic E-state index is -1.26. The normalized spacial score (nSPS) is 12.9. The molecule has 5 N–H and O–H groups in total. The molecule has 0 aliphatic carbocycles. The minimum Gasteiger partial charge on any atom is -0.481 e. The van der Waals surface area contributed by atoms with Crippen LogP contribution < -0.4 is 16.0 Å². The molecule has 0 aromatic rings. The first-order valence-corrected chi connectivity index (χ1v) is 6.57. The second-order valence-electron chi connectivity index (χ2n) is 4.41. The first-order chi connectivity index (χ1) is 9.77. The summed E-state index contributed by atoms with van der Waals surface area (Å²) in [7, 11) is 0. The van der Waals surface area contributed by atoms with Gasteiger partial charge in [-0.1, -0.05) is 0 Å². The summed E-state index contributed by atoms with van der Waals surface area (Å²) in [5, 5.41) is 24.4. The fraction of sp³-hybridized carbons (Fsp3) is 0.667. The van der Waals surface area contributed by atoms with E-state index < -0.39 is 30.1 Å². The summed E-state index contributed by atoms with van der Waals surface area (Å²) in [5.74, 6) is -2.68. The summed E-state index contributed by atoms with van der Waals surface area (Å²) < 4.78 is 0. The number of amides is 3. The van der Waals surface area contributed by atoms with Crippen molar-refractivity contribution >= 4 is 23.9 Å². The van der Waals surface area contributed by atoms with Crippen LogP contribution in [0.2, 0.25) is 0 Å². The number of hydrogen-bond acceptors (Lipinski definition) is 4. The van der Waals surface area contributed by atoms with Gasteiger partial charge >= 0.3 is 18.0 Å². The van der Waals surface area contributed by atoms with Gasteiger partial charge < -0.3 is 26.2 Å². The molecular formula is C12H21N3O6. The van der Waals surface area contributed by atoms with Gasteiger partial charge in [0.1, 0.15) is 12.1 Å². The monoisotopic (exact) mass is 303 g/mol. The van der Waals surface area contributed by atoms with Gasteiger partial charge in [-0.15, -0.1) is 0 Å². The van der Waals surface area contributed by atoms with Crippen molar-refractivity contribution < 1.29 is 29.4 Å². The van der Waals surface area contributed by atoms with Crippen molar-refractivity contribution in [3.63, 3.8) is 0 Å². The van der Waals surface area contributed by atoms with E-state index in [-0.39, 0.29) is 25.2 Å². The van der Waals surface area contributed by atoms with E-state index >= 15 is 0 Å². The fourth-order valence-electron chi connectivity index (χ4n) is 1.50. The van der Waals surface area contributed by atoms with Gasteiger partial charge in [-0.25, -0.2) is 9.59 Å². The van der Waals surface area contributed by atoms with E-state index in [0.717, 1.165) is 0 Å². The maximum Gasteiger partial charge on any atom is 0.326 e. The number of likely N-dealkylation sites (N-methyl/N-ethyl adjacent to an activating group) is 1. The van der Waals surface area contributed by atoms with Crippen LogP contribution in [0.5, 0.6) is 0 Å². The molecule has 0 heterocycles. The van der Waals surface area contributed by atoms with Crippen LogP contribution in [0.4, 0.5) is 4.79 Å². The fourth-order valence-corrected chi connectivity index (χ4v) is 1.50. The van der Waals surface area contributed by atoms with Crippen molar-refractivity contribution in [1.29, 1.82) is 0 Å². The molecule has 3 amide bonds. The van der Waals surface area contributed by atoms with Gasteiger partial charge in [-0.05, 0) is 26.7 Å². The molecule has 21 heavy (non-hydrogen) atoms. The maximum atomic E-state index is 11.6. The third kappa shape index (κ3) is 8.45. The molecule has 0 aliphatic rings. The van der Waals surface area contributed by atoms with Crippen LogP contribution in [0, 0.1) is 0 Å². The lowest BCUT2D eigenvalue weighted by molar-refractivity contribution is -0.140. The Morgan fingerprint density at radius 1 is 1.10 bits per heavy atom. The Labute approximate surface area is 122 Å². The SMILES string of the molecule is CCNC(=O)C(C)NC(=O)N[C@H](CCCC(=O)O)C(=O)O. The van der Waals surface area contributed by atoms with Gasteiger partial charge in [0, 0.05) is 13.0 Å². The van der Waals surface area contributed by atoms with Gasteiger partial charge in [-0.2, -0.15) is 0 Å². The number of rotatable bonds is 9. The molecule has 9 heteroatoms. The van der Waals surface area contributed by atoms with E-state index in [0.29, 0.717) is 6.54 Å². The molecular weight excluding hydrogens is 282 g/mol. The molecule has 0 saturated heterocycles. The van der Waals surface area contributed by atoms with Crippen molar-refractivity contribution in [3.8, 4) is 0 Å². The Hall–Kier alpha value is -2.32. The van der Waals surface area contributed by atoms with E-state index in [4.69, 9.17) is 10.2 Å². The Morgan fingerprint density at radius 3 is 2.19 bits per heavy atom. The van der Waals surface area contributed by atoms with Crippen molar-refractivity contribution in [2.75, 3.05) is 6.54 Å². The third-order valence-corrected chi connectivity index (χ3v) is 2.58. The van der Waals surface area contributed by atoms with Crippen molar-refractivity contribution in [2.24, 2.45) is 0 Å². The average molecular weight is 303 g/mol. The summed E-state index contributed by atoms with van der Waals surface area (Å²) >= 11 is 0. The van der Waals surface area contributed by atoms with Crippen LogP contribution in [0.15, 0.2) is 0 Å². The third-order valence-electron chi connectivity index (χ3n) is 2.58. The van der Waals surface area contributed by atoms with E-state index in [1.165, 1.54) is 6.92 Å². The summed E-state index contributed by atoms with van der Waals surface area (Å²) in [6.07, 6.45) is -0.0641. The van der Waals surface area contributed by atoms with Crippen LogP contribution in [-0.4, -0.2) is 52.7 Å². The summed E-state index contributed by atoms with van der Waals surface area (Å²) in [6, 6.07) is -2.80. The maximum absolute atomic E-state index is 11.6. The van der Waals surface area contributed by atoms with Gasteiger partial charge in [-0.3, -0.25) is 9.59 Å². The van der Waals surface area contributed by atoms with Gasteiger partial charge in [0.05, 0.1) is 0 Å². The average Bonchev–Trinajstić information content (AvgIpc) is 2.37. The number of urea groups is 1. The van der Waals surface area contributed by atoms with Crippen molar-refractivity contribution in [1.82, 2.24) is 16.0 Å². The lowest BCUT2D eigenvalue weighted by atomic mass is 10.1. The lowest BCUT2D eigenvalue weighted by Gasteiger charge is -2.17. The second-order valence-corrected chi connectivity index (χ2v) is 4.41. The predicted molar refractivity (Wildman–Crippen MR) is 72.7 cm³/mol. The number of aliphatic carboxylic acids is 2. The van der Waals surface area contributed by atoms with Gasteiger partial charge in [0.15, 0.2) is 0 Å². The summed E-state index contributed by atoms with van der Waals surface area (Å²) in [5.41, 5.74) is 0. The first-order valence-electron chi connectivity index (χ1n) is 6.57. The lowest BCUT2D eigenvalue weighted by Crippen LogP contribution is -2.52. The van der Waals surface area contributed by atoms with E-state index in [1.54, 1.807) is 6.92 Å². The molecule has 0 aromatic carbocycles. The molecule has 9 nitrogen and oxygen atoms in total. The van der Waals surface area contributed by atoms with E-state index in [2.05, 4.69) is 16.0 Å². The largest absolute Gasteiger partial charge is 0.481 e. The summed E-state index contributed by atoms with van der Waals surface area (Å²) in [6.45, 7) is 3.61. The van der Waals surface area contributed by atoms with Crippen LogP contribution in [-0.2, 0) is 14.4 Å². The highest BCUT2D eigenvalue weighted by atomic mass is 16.4. The Balaban J connectivity index is 4.31. The molecule has 120 valence electrons. The Morgan fingerprint density at radius 2 is 1.71 bits per heavy atom. The number of carbonyl (C=O) groups excluding carboxylic acids is 2. The first kappa shape index (κ1) is 18.7. The molecule has 0 fully saturated rings. The molecule has 0 rings (SSSR count). The van der Waals surface area contributed by atoms with Crippen LogP contribution in [0.25, 0.3) is 0 Å². The molecule has 0 aromatic heterocycles. The topological polar surface area (TPSA) is 145 Å². The standard InChI is InChI=1S/C12H21N3O6/c1-3-13-10(18)7(2)14-12(21)15-8(11(19)20)5-4-6-9(16)17/h7-8H,3-6H2,1-2H3,(H,13,18)(H,16,17)(H,19,20)(H2,14,15,21)/t7?,8-/m1/s1. The molecule has 2 atom stereocenters. The van der Waals surface area contributed by atoms with Gasteiger partial charge in [0.25, 0.3) is 0 Å². The summed E-state index contributed by atoms with van der Waals surface area (Å²) in [4.78, 5) is 44.3. The molecule has 0 radical (unpaired) electrons. The van der Waals surface area contributed by atoms with Crippen LogP contribution in [0.1, 0.15) is 33.1 Å². The Kier molecular flexibility index (Phi) is 8.51. The molecule has 0 saturated carbocycles. The van der Waals surface area contributed by atoms with E-state index in [1.807, 2.05) is 0 Å². The van der Waals surface area contributed by atoms with Crippen molar-refractivity contribution in [3.05, 3.63) is 0 Å². The zero-order valence-electron chi connectivity index (χ0n) is 12.0. The van der Waals surface area contributed by atoms with Gasteiger partial charge in [0.2, 0.25) is 5.91 Å². The highest BCUT2D eigenvalue weighted by molar-refractivity contribution is 5.88. The number of hydrogen-bond donors (Lipinski definition) is 5. The number of carboxylic acids is 2. The number of nitrogens with one attached hydrogen (secondary N) is 3.